The number of carbonyl (C=O) groups excluding carboxylic acids is 2. The van der Waals surface area contributed by atoms with Crippen molar-refractivity contribution in [3.8, 4) is 11.1 Å². The van der Waals surface area contributed by atoms with E-state index in [0.29, 0.717) is 34.7 Å². The van der Waals surface area contributed by atoms with Gasteiger partial charge in [-0.1, -0.05) is 0 Å². The van der Waals surface area contributed by atoms with Crippen molar-refractivity contribution in [3.63, 3.8) is 0 Å². The molecule has 2 amide bonds. The molecule has 12 heteroatoms. The third kappa shape index (κ3) is 4.75. The van der Waals surface area contributed by atoms with Crippen LogP contribution in [0.2, 0.25) is 0 Å². The average molecular weight is 516 g/mol. The second kappa shape index (κ2) is 9.62. The maximum Gasteiger partial charge on any atom is 0.294 e. The molecule has 38 heavy (non-hydrogen) atoms. The Balaban J connectivity index is 1.11. The van der Waals surface area contributed by atoms with Gasteiger partial charge in [0.25, 0.3) is 5.91 Å². The molecule has 1 spiro atoms. The van der Waals surface area contributed by atoms with E-state index in [9.17, 15) is 9.59 Å². The van der Waals surface area contributed by atoms with Crippen LogP contribution in [0.5, 0.6) is 0 Å². The SMILES string of the molecule is Cc1ncc(NC(=O)CN2CCC3(CC2)COC3)cc1NC(=O)c1nnc2cc(-c3cnn(C)c3)ccn12. The van der Waals surface area contributed by atoms with Crippen molar-refractivity contribution in [2.75, 3.05) is 43.5 Å². The zero-order valence-corrected chi connectivity index (χ0v) is 21.3. The van der Waals surface area contributed by atoms with E-state index in [1.165, 1.54) is 0 Å². The van der Waals surface area contributed by atoms with E-state index < -0.39 is 5.91 Å². The zero-order valence-electron chi connectivity index (χ0n) is 21.3. The van der Waals surface area contributed by atoms with E-state index in [1.54, 1.807) is 40.7 Å². The summed E-state index contributed by atoms with van der Waals surface area (Å²) in [5.74, 6) is -0.393. The van der Waals surface area contributed by atoms with Gasteiger partial charge < -0.3 is 15.4 Å². The Kier molecular flexibility index (Phi) is 6.12. The van der Waals surface area contributed by atoms with Gasteiger partial charge in [-0.2, -0.15) is 5.10 Å². The first kappa shape index (κ1) is 24.2. The highest BCUT2D eigenvalue weighted by Gasteiger charge is 2.41. The van der Waals surface area contributed by atoms with Crippen LogP contribution in [0.4, 0.5) is 11.4 Å². The minimum absolute atomic E-state index is 0.110. The summed E-state index contributed by atoms with van der Waals surface area (Å²) in [5.41, 5.74) is 4.37. The molecular weight excluding hydrogens is 486 g/mol. The second-order valence-corrected chi connectivity index (χ2v) is 10.2. The second-order valence-electron chi connectivity index (χ2n) is 10.2. The largest absolute Gasteiger partial charge is 0.380 e. The molecule has 0 atom stereocenters. The van der Waals surface area contributed by atoms with E-state index in [2.05, 4.69) is 35.8 Å². The number of carbonyl (C=O) groups is 2. The Bertz CT molecular complexity index is 1510. The van der Waals surface area contributed by atoms with E-state index >= 15 is 0 Å². The van der Waals surface area contributed by atoms with E-state index in [0.717, 1.165) is 50.3 Å². The number of piperidine rings is 1. The third-order valence-electron chi connectivity index (χ3n) is 7.37. The molecule has 2 N–H and O–H groups in total. The van der Waals surface area contributed by atoms with Crippen LogP contribution >= 0.6 is 0 Å². The summed E-state index contributed by atoms with van der Waals surface area (Å²) < 4.78 is 8.73. The molecule has 196 valence electrons. The lowest BCUT2D eigenvalue weighted by Gasteiger charge is -2.47. The smallest absolute Gasteiger partial charge is 0.294 e. The molecule has 0 saturated carbocycles. The number of aryl methyl sites for hydroxylation is 2. The number of hydrogen-bond donors (Lipinski definition) is 2. The topological polar surface area (TPSA) is 132 Å². The lowest BCUT2D eigenvalue weighted by atomic mass is 9.77. The van der Waals surface area contributed by atoms with Gasteiger partial charge in [-0.15, -0.1) is 10.2 Å². The monoisotopic (exact) mass is 515 g/mol. The number of aromatic nitrogens is 6. The van der Waals surface area contributed by atoms with Gasteiger partial charge in [0.05, 0.1) is 49.2 Å². The van der Waals surface area contributed by atoms with Gasteiger partial charge in [0.15, 0.2) is 5.65 Å². The zero-order chi connectivity index (χ0) is 26.3. The fraction of sp³-hybridized carbons (Fsp3) is 0.385. The Morgan fingerprint density at radius 1 is 1.08 bits per heavy atom. The number of nitrogens with one attached hydrogen (secondary N) is 2. The molecule has 0 aromatic carbocycles. The summed E-state index contributed by atoms with van der Waals surface area (Å²) in [4.78, 5) is 32.3. The summed E-state index contributed by atoms with van der Waals surface area (Å²) in [7, 11) is 1.85. The van der Waals surface area contributed by atoms with Crippen molar-refractivity contribution < 1.29 is 14.3 Å². The summed E-state index contributed by atoms with van der Waals surface area (Å²) >= 11 is 0. The maximum absolute atomic E-state index is 13.1. The molecule has 12 nitrogen and oxygen atoms in total. The number of hydrogen-bond acceptors (Lipinski definition) is 8. The molecule has 0 unspecified atom stereocenters. The summed E-state index contributed by atoms with van der Waals surface area (Å²) in [6.45, 7) is 5.57. The molecule has 4 aromatic heterocycles. The highest BCUT2D eigenvalue weighted by molar-refractivity contribution is 6.03. The molecule has 2 aliphatic rings. The fourth-order valence-corrected chi connectivity index (χ4v) is 4.97. The van der Waals surface area contributed by atoms with Crippen LogP contribution in [0.3, 0.4) is 0 Å². The van der Waals surface area contributed by atoms with Crippen LogP contribution in [0.15, 0.2) is 43.0 Å². The molecule has 6 rings (SSSR count). The molecule has 2 saturated heterocycles. The van der Waals surface area contributed by atoms with Gasteiger partial charge in [-0.3, -0.25) is 28.6 Å². The highest BCUT2D eigenvalue weighted by Crippen LogP contribution is 2.38. The minimum Gasteiger partial charge on any atom is -0.380 e. The summed E-state index contributed by atoms with van der Waals surface area (Å²) in [6.07, 6.45) is 9.14. The first-order valence-corrected chi connectivity index (χ1v) is 12.6. The van der Waals surface area contributed by atoms with Crippen LogP contribution < -0.4 is 10.6 Å². The summed E-state index contributed by atoms with van der Waals surface area (Å²) in [6, 6.07) is 5.44. The summed E-state index contributed by atoms with van der Waals surface area (Å²) in [5, 5.41) is 18.2. The van der Waals surface area contributed by atoms with Crippen molar-refractivity contribution in [2.24, 2.45) is 12.5 Å². The first-order valence-electron chi connectivity index (χ1n) is 12.6. The predicted molar refractivity (Wildman–Crippen MR) is 140 cm³/mol. The average Bonchev–Trinajstić information content (AvgIpc) is 3.51. The third-order valence-corrected chi connectivity index (χ3v) is 7.37. The predicted octanol–water partition coefficient (Wildman–Crippen LogP) is 2.14. The van der Waals surface area contributed by atoms with Crippen LogP contribution in [0.1, 0.15) is 29.2 Å². The molecular formula is C26H29N9O3. The Morgan fingerprint density at radius 2 is 1.89 bits per heavy atom. The number of ether oxygens (including phenoxy) is 1. The fourth-order valence-electron chi connectivity index (χ4n) is 4.97. The molecule has 0 radical (unpaired) electrons. The number of pyridine rings is 2. The normalized spacial score (nSPS) is 16.9. The van der Waals surface area contributed by atoms with Crippen LogP contribution in [0.25, 0.3) is 16.8 Å². The highest BCUT2D eigenvalue weighted by atomic mass is 16.5. The molecule has 6 heterocycles. The number of anilines is 2. The van der Waals surface area contributed by atoms with Crippen molar-refractivity contribution in [1.82, 2.24) is 34.3 Å². The van der Waals surface area contributed by atoms with E-state index in [4.69, 9.17) is 4.74 Å². The van der Waals surface area contributed by atoms with Crippen molar-refractivity contribution in [2.45, 2.75) is 19.8 Å². The number of fused-ring (bicyclic) bond motifs is 1. The first-order chi connectivity index (χ1) is 18.4. The maximum atomic E-state index is 13.1. The van der Waals surface area contributed by atoms with E-state index in [1.807, 2.05) is 25.4 Å². The number of likely N-dealkylation sites (tertiary alicyclic amines) is 1. The molecule has 4 aromatic rings. The molecule has 2 fully saturated rings. The lowest BCUT2D eigenvalue weighted by molar-refractivity contribution is -0.141. The lowest BCUT2D eigenvalue weighted by Crippen LogP contribution is -2.51. The van der Waals surface area contributed by atoms with Crippen LogP contribution in [-0.4, -0.2) is 78.9 Å². The van der Waals surface area contributed by atoms with Gasteiger partial charge in [-0.25, -0.2) is 0 Å². The standard InChI is InChI=1S/C26H29N9O3/c1-17-21(10-20(12-27-17)29-23(36)14-34-7-4-26(5-8-34)15-38-16-26)30-25(37)24-32-31-22-9-18(3-6-35(22)24)19-11-28-33(2)13-19/h3,6,9-13H,4-5,7-8,14-16H2,1-2H3,(H,29,36)(H,30,37). The molecule has 2 aliphatic heterocycles. The molecule has 0 aliphatic carbocycles. The van der Waals surface area contributed by atoms with Crippen molar-refractivity contribution in [3.05, 3.63) is 54.5 Å². The van der Waals surface area contributed by atoms with Gasteiger partial charge >= 0.3 is 0 Å². The van der Waals surface area contributed by atoms with Crippen LogP contribution in [0, 0.1) is 12.3 Å². The van der Waals surface area contributed by atoms with Crippen molar-refractivity contribution >= 4 is 28.8 Å². The van der Waals surface area contributed by atoms with Crippen LogP contribution in [-0.2, 0) is 16.6 Å². The number of amides is 2. The number of nitrogens with zero attached hydrogens (tertiary/aromatic N) is 7. The minimum atomic E-state index is -0.428. The Labute approximate surface area is 219 Å². The van der Waals surface area contributed by atoms with Gasteiger partial charge in [-0.05, 0) is 56.6 Å². The van der Waals surface area contributed by atoms with Gasteiger partial charge in [0, 0.05) is 30.4 Å². The van der Waals surface area contributed by atoms with E-state index in [-0.39, 0.29) is 11.7 Å². The van der Waals surface area contributed by atoms with Crippen molar-refractivity contribution in [1.29, 1.82) is 0 Å². The van der Waals surface area contributed by atoms with Gasteiger partial charge in [0.1, 0.15) is 0 Å². The quantitative estimate of drug-likeness (QED) is 0.399. The Morgan fingerprint density at radius 3 is 2.61 bits per heavy atom. The van der Waals surface area contributed by atoms with Gasteiger partial charge in [0.2, 0.25) is 11.7 Å². The number of rotatable bonds is 6. The Hall–Kier alpha value is -4.16. The molecule has 0 bridgehead atoms.